The fourth-order valence-electron chi connectivity index (χ4n) is 3.08. The number of ether oxygens (including phenoxy) is 1. The Labute approximate surface area is 128 Å². The molecule has 0 amide bonds. The van der Waals surface area contributed by atoms with Gasteiger partial charge >= 0.3 is 5.97 Å². The van der Waals surface area contributed by atoms with Crippen molar-refractivity contribution in [3.05, 3.63) is 47.0 Å². The van der Waals surface area contributed by atoms with Crippen LogP contribution in [0.4, 0.5) is 0 Å². The first-order valence-corrected chi connectivity index (χ1v) is 7.76. The molecule has 1 fully saturated rings. The minimum Gasteiger partial charge on any atom is -0.461 e. The fraction of sp³-hybridized carbons (Fsp3) is 0.526. The maximum atomic E-state index is 12.3. The lowest BCUT2D eigenvalue weighted by atomic mass is 10.1. The molecule has 1 aromatic carbocycles. The lowest BCUT2D eigenvalue weighted by molar-refractivity contribution is -0.147. The van der Waals surface area contributed by atoms with Crippen LogP contribution in [0.1, 0.15) is 45.7 Å². The molecule has 0 N–H and O–H groups in total. The van der Waals surface area contributed by atoms with E-state index in [9.17, 15) is 4.79 Å². The van der Waals surface area contributed by atoms with E-state index < -0.39 is 0 Å². The van der Waals surface area contributed by atoms with E-state index in [0.29, 0.717) is 12.5 Å². The molecule has 0 aliphatic heterocycles. The predicted molar refractivity (Wildman–Crippen MR) is 85.8 cm³/mol. The third-order valence-electron chi connectivity index (χ3n) is 4.55. The summed E-state index contributed by atoms with van der Waals surface area (Å²) in [4.78, 5) is 12.3. The van der Waals surface area contributed by atoms with Crippen LogP contribution in [0.5, 0.6) is 0 Å². The Bertz CT molecular complexity index is 550. The number of hydrogen-bond donors (Lipinski definition) is 0. The van der Waals surface area contributed by atoms with Crippen molar-refractivity contribution >= 4 is 5.97 Å². The summed E-state index contributed by atoms with van der Waals surface area (Å²) in [6.07, 6.45) is 3.16. The zero-order chi connectivity index (χ0) is 15.6. The number of rotatable bonds is 5. The van der Waals surface area contributed by atoms with Crippen LogP contribution in [-0.4, -0.2) is 5.97 Å². The molecule has 1 aliphatic carbocycles. The molecule has 2 rings (SSSR count). The van der Waals surface area contributed by atoms with Gasteiger partial charge in [0.25, 0.3) is 0 Å². The summed E-state index contributed by atoms with van der Waals surface area (Å²) < 4.78 is 5.57. The third kappa shape index (κ3) is 3.37. The monoisotopic (exact) mass is 286 g/mol. The number of aryl methyl sites for hydroxylation is 1. The van der Waals surface area contributed by atoms with Gasteiger partial charge < -0.3 is 4.74 Å². The Morgan fingerprint density at radius 2 is 1.86 bits per heavy atom. The van der Waals surface area contributed by atoms with Gasteiger partial charge in [0, 0.05) is 0 Å². The summed E-state index contributed by atoms with van der Waals surface area (Å²) >= 11 is 0. The van der Waals surface area contributed by atoms with E-state index in [1.165, 1.54) is 11.1 Å². The van der Waals surface area contributed by atoms with E-state index in [4.69, 9.17) is 4.74 Å². The molecule has 1 unspecified atom stereocenters. The molecule has 0 radical (unpaired) electrons. The Morgan fingerprint density at radius 3 is 2.43 bits per heavy atom. The van der Waals surface area contributed by atoms with E-state index in [0.717, 1.165) is 12.0 Å². The molecule has 0 heterocycles. The highest BCUT2D eigenvalue weighted by Crippen LogP contribution is 2.59. The minimum absolute atomic E-state index is 0.00110. The van der Waals surface area contributed by atoms with Gasteiger partial charge in [0.2, 0.25) is 0 Å². The minimum atomic E-state index is -0.0617. The van der Waals surface area contributed by atoms with Gasteiger partial charge in [0.1, 0.15) is 6.61 Å². The van der Waals surface area contributed by atoms with Crippen LogP contribution in [0.25, 0.3) is 0 Å². The van der Waals surface area contributed by atoms with Crippen LogP contribution in [0.2, 0.25) is 0 Å². The Hall–Kier alpha value is -1.57. The largest absolute Gasteiger partial charge is 0.461 e. The first-order valence-electron chi connectivity index (χ1n) is 7.76. The zero-order valence-electron chi connectivity index (χ0n) is 13.8. The molecule has 0 saturated heterocycles. The third-order valence-corrected chi connectivity index (χ3v) is 4.55. The first kappa shape index (κ1) is 15.8. The van der Waals surface area contributed by atoms with Gasteiger partial charge in [-0.25, -0.2) is 0 Å². The van der Waals surface area contributed by atoms with E-state index in [1.54, 1.807) is 0 Å². The molecule has 1 saturated carbocycles. The van der Waals surface area contributed by atoms with Gasteiger partial charge in [-0.1, -0.05) is 56.7 Å². The topological polar surface area (TPSA) is 26.3 Å². The second kappa shape index (κ2) is 6.05. The molecule has 0 bridgehead atoms. The average molecular weight is 286 g/mol. The fourth-order valence-corrected chi connectivity index (χ4v) is 3.08. The molecule has 2 heteroatoms. The van der Waals surface area contributed by atoms with Gasteiger partial charge in [-0.15, -0.1) is 0 Å². The van der Waals surface area contributed by atoms with Gasteiger partial charge in [-0.2, -0.15) is 0 Å². The SMILES string of the molecule is CCc1ccccc1COC(=O)[C@@H]1C(C=C(C)C)C1(C)C. The number of carbonyl (C=O) groups excluding carboxylic acids is 1. The summed E-state index contributed by atoms with van der Waals surface area (Å²) in [6, 6.07) is 8.16. The lowest BCUT2D eigenvalue weighted by Gasteiger charge is -2.09. The zero-order valence-corrected chi connectivity index (χ0v) is 13.8. The quantitative estimate of drug-likeness (QED) is 0.587. The van der Waals surface area contributed by atoms with Crippen molar-refractivity contribution in [2.75, 3.05) is 0 Å². The predicted octanol–water partition coefficient (Wildman–Crippen LogP) is 4.53. The van der Waals surface area contributed by atoms with Crippen LogP contribution in [0.3, 0.4) is 0 Å². The van der Waals surface area contributed by atoms with E-state index in [1.807, 2.05) is 18.2 Å². The standard InChI is InChI=1S/C19H26O2/c1-6-14-9-7-8-10-15(14)12-21-18(20)17-16(11-13(2)3)19(17,4)5/h7-11,16-17H,6,12H2,1-5H3/t16?,17-/m0/s1. The number of allylic oxidation sites excluding steroid dienone is 2. The molecule has 114 valence electrons. The second-order valence-electron chi connectivity index (χ2n) is 6.80. The Kier molecular flexibility index (Phi) is 4.55. The molecular formula is C19H26O2. The summed E-state index contributed by atoms with van der Waals surface area (Å²) in [5, 5.41) is 0. The number of esters is 1. The van der Waals surface area contributed by atoms with Gasteiger partial charge in [0.05, 0.1) is 5.92 Å². The molecule has 1 aromatic rings. The van der Waals surface area contributed by atoms with Crippen molar-refractivity contribution in [3.63, 3.8) is 0 Å². The maximum Gasteiger partial charge on any atom is 0.310 e. The van der Waals surface area contributed by atoms with Crippen LogP contribution in [-0.2, 0) is 22.6 Å². The van der Waals surface area contributed by atoms with Gasteiger partial charge in [-0.05, 0) is 42.7 Å². The molecular weight excluding hydrogens is 260 g/mol. The number of benzene rings is 1. The van der Waals surface area contributed by atoms with Crippen molar-refractivity contribution in [1.82, 2.24) is 0 Å². The number of hydrogen-bond acceptors (Lipinski definition) is 2. The van der Waals surface area contributed by atoms with E-state index in [-0.39, 0.29) is 17.3 Å². The summed E-state index contributed by atoms with van der Waals surface area (Å²) in [6.45, 7) is 10.9. The lowest BCUT2D eigenvalue weighted by Crippen LogP contribution is -2.11. The number of carbonyl (C=O) groups is 1. The molecule has 21 heavy (non-hydrogen) atoms. The van der Waals surface area contributed by atoms with Crippen molar-refractivity contribution in [3.8, 4) is 0 Å². The molecule has 2 nitrogen and oxygen atoms in total. The van der Waals surface area contributed by atoms with Gasteiger partial charge in [0.15, 0.2) is 0 Å². The van der Waals surface area contributed by atoms with Crippen LogP contribution >= 0.6 is 0 Å². The molecule has 2 atom stereocenters. The maximum absolute atomic E-state index is 12.3. The Balaban J connectivity index is 1.99. The summed E-state index contributed by atoms with van der Waals surface area (Å²) in [5.41, 5.74) is 3.66. The van der Waals surface area contributed by atoms with Crippen LogP contribution in [0, 0.1) is 17.3 Å². The summed E-state index contributed by atoms with van der Waals surface area (Å²) in [7, 11) is 0. The van der Waals surface area contributed by atoms with Gasteiger partial charge in [-0.3, -0.25) is 4.79 Å². The highest BCUT2D eigenvalue weighted by Gasteiger charge is 2.61. The normalized spacial score (nSPS) is 22.5. The highest BCUT2D eigenvalue weighted by molar-refractivity contribution is 5.78. The van der Waals surface area contributed by atoms with Crippen molar-refractivity contribution in [1.29, 1.82) is 0 Å². The average Bonchev–Trinajstić information content (AvgIpc) is 2.96. The van der Waals surface area contributed by atoms with E-state index in [2.05, 4.69) is 46.8 Å². The van der Waals surface area contributed by atoms with E-state index >= 15 is 0 Å². The van der Waals surface area contributed by atoms with Crippen LogP contribution in [0.15, 0.2) is 35.9 Å². The van der Waals surface area contributed by atoms with Crippen molar-refractivity contribution in [2.24, 2.45) is 17.3 Å². The second-order valence-corrected chi connectivity index (χ2v) is 6.80. The van der Waals surface area contributed by atoms with Crippen molar-refractivity contribution < 1.29 is 9.53 Å². The Morgan fingerprint density at radius 1 is 1.24 bits per heavy atom. The van der Waals surface area contributed by atoms with Crippen molar-refractivity contribution in [2.45, 2.75) is 47.6 Å². The first-order chi connectivity index (χ1) is 9.87. The molecule has 1 aliphatic rings. The van der Waals surface area contributed by atoms with Crippen LogP contribution < -0.4 is 0 Å². The summed E-state index contributed by atoms with van der Waals surface area (Å²) in [5.74, 6) is 0.256. The molecule has 0 aromatic heterocycles. The highest BCUT2D eigenvalue weighted by atomic mass is 16.5. The molecule has 0 spiro atoms. The smallest absolute Gasteiger partial charge is 0.310 e.